The Labute approximate surface area is 115 Å². The van der Waals surface area contributed by atoms with Crippen LogP contribution in [0.1, 0.15) is 19.3 Å². The van der Waals surface area contributed by atoms with E-state index in [1.54, 1.807) is 0 Å². The van der Waals surface area contributed by atoms with Crippen molar-refractivity contribution in [1.29, 1.82) is 0 Å². The zero-order valence-electron chi connectivity index (χ0n) is 12.7. The maximum absolute atomic E-state index is 10.5. The van der Waals surface area contributed by atoms with Crippen LogP contribution in [0.25, 0.3) is 0 Å². The van der Waals surface area contributed by atoms with Gasteiger partial charge in [-0.25, -0.2) is 0 Å². The fourth-order valence-corrected chi connectivity index (χ4v) is 2.52. The molecule has 0 amide bonds. The second-order valence-corrected chi connectivity index (χ2v) is 16.2. The van der Waals surface area contributed by atoms with Crippen molar-refractivity contribution in [1.82, 2.24) is 0 Å². The van der Waals surface area contributed by atoms with Crippen molar-refractivity contribution >= 4 is 22.4 Å². The first-order valence-electron chi connectivity index (χ1n) is 6.60. The molecule has 0 aromatic heterocycles. The van der Waals surface area contributed by atoms with Crippen LogP contribution in [-0.4, -0.2) is 22.4 Å². The maximum atomic E-state index is 10.5. The van der Waals surface area contributed by atoms with Crippen LogP contribution in [0.4, 0.5) is 0 Å². The summed E-state index contributed by atoms with van der Waals surface area (Å²) in [5.74, 6) is 6.90. The Kier molecular flexibility index (Phi) is 7.28. The minimum Gasteiger partial charge on any atom is -0.303 e. The van der Waals surface area contributed by atoms with Crippen LogP contribution in [0.15, 0.2) is 0 Å². The van der Waals surface area contributed by atoms with Crippen molar-refractivity contribution in [3.63, 3.8) is 0 Å². The summed E-state index contributed by atoms with van der Waals surface area (Å²) < 4.78 is 0. The van der Waals surface area contributed by atoms with E-state index in [9.17, 15) is 4.79 Å². The number of hydrogen-bond acceptors (Lipinski definition) is 1. The molecule has 0 aromatic rings. The maximum Gasteiger partial charge on any atom is 0.129 e. The predicted octanol–water partition coefficient (Wildman–Crippen LogP) is 3.73. The Morgan fingerprint density at radius 1 is 1.00 bits per heavy atom. The third-order valence-electron chi connectivity index (χ3n) is 2.10. The summed E-state index contributed by atoms with van der Waals surface area (Å²) in [7, 11) is -2.61. The van der Waals surface area contributed by atoms with Crippen molar-refractivity contribution < 1.29 is 4.79 Å². The largest absolute Gasteiger partial charge is 0.303 e. The van der Waals surface area contributed by atoms with E-state index in [4.69, 9.17) is 0 Å². The van der Waals surface area contributed by atoms with E-state index < -0.39 is 16.1 Å². The van der Waals surface area contributed by atoms with Crippen LogP contribution in [0.3, 0.4) is 0 Å². The number of hydrogen-bond donors (Lipinski definition) is 0. The predicted molar refractivity (Wildman–Crippen MR) is 85.6 cm³/mol. The summed E-state index contributed by atoms with van der Waals surface area (Å²) in [5.41, 5.74) is 6.77. The van der Waals surface area contributed by atoms with Crippen molar-refractivity contribution in [2.75, 3.05) is 0 Å². The molecule has 0 fully saturated rings. The lowest BCUT2D eigenvalue weighted by Gasteiger charge is -2.09. The standard InChI is InChI=1S/C15H26OSi2/c1-17(2,3)13-8-10-15(9-7-12-16)11-14-18(4,5)6/h12,15H,7,9-10H2,1-6H3. The van der Waals surface area contributed by atoms with E-state index >= 15 is 0 Å². The third kappa shape index (κ3) is 11.7. The molecule has 1 nitrogen and oxygen atoms in total. The molecular formula is C15H26OSi2. The molecule has 0 aromatic carbocycles. The van der Waals surface area contributed by atoms with Gasteiger partial charge in [-0.3, -0.25) is 0 Å². The van der Waals surface area contributed by atoms with E-state index in [0.29, 0.717) is 6.42 Å². The van der Waals surface area contributed by atoms with Crippen LogP contribution in [0.5, 0.6) is 0 Å². The number of aldehydes is 1. The van der Waals surface area contributed by atoms with Gasteiger partial charge in [0, 0.05) is 18.8 Å². The topological polar surface area (TPSA) is 17.1 Å². The van der Waals surface area contributed by atoms with Crippen LogP contribution >= 0.6 is 0 Å². The zero-order valence-corrected chi connectivity index (χ0v) is 14.7. The van der Waals surface area contributed by atoms with Crippen LogP contribution in [0.2, 0.25) is 39.3 Å². The van der Waals surface area contributed by atoms with Crippen molar-refractivity contribution in [3.05, 3.63) is 0 Å². The van der Waals surface area contributed by atoms with Gasteiger partial charge in [0.15, 0.2) is 0 Å². The van der Waals surface area contributed by atoms with Gasteiger partial charge in [0.2, 0.25) is 0 Å². The molecule has 18 heavy (non-hydrogen) atoms. The van der Waals surface area contributed by atoms with Gasteiger partial charge in [-0.2, -0.15) is 0 Å². The highest BCUT2D eigenvalue weighted by Gasteiger charge is 2.11. The molecule has 0 N–H and O–H groups in total. The van der Waals surface area contributed by atoms with Crippen LogP contribution in [-0.2, 0) is 4.79 Å². The molecule has 0 aliphatic rings. The fraction of sp³-hybridized carbons (Fsp3) is 0.667. The molecule has 0 spiro atoms. The molecule has 1 unspecified atom stereocenters. The second-order valence-electron chi connectivity index (χ2n) is 6.72. The van der Waals surface area contributed by atoms with E-state index in [0.717, 1.165) is 19.1 Å². The lowest BCUT2D eigenvalue weighted by molar-refractivity contribution is -0.108. The first-order valence-corrected chi connectivity index (χ1v) is 13.6. The third-order valence-corrected chi connectivity index (χ3v) is 3.92. The summed E-state index contributed by atoms with van der Waals surface area (Å²) in [6, 6.07) is 0. The van der Waals surface area contributed by atoms with Crippen molar-refractivity contribution in [3.8, 4) is 22.9 Å². The van der Waals surface area contributed by atoms with Crippen LogP contribution < -0.4 is 0 Å². The highest BCUT2D eigenvalue weighted by Crippen LogP contribution is 2.10. The molecule has 100 valence electrons. The van der Waals surface area contributed by atoms with Gasteiger partial charge in [0.05, 0.1) is 0 Å². The van der Waals surface area contributed by atoms with Gasteiger partial charge in [-0.05, 0) is 6.42 Å². The van der Waals surface area contributed by atoms with Gasteiger partial charge >= 0.3 is 0 Å². The van der Waals surface area contributed by atoms with Gasteiger partial charge in [-0.15, -0.1) is 22.9 Å². The lowest BCUT2D eigenvalue weighted by Crippen LogP contribution is -2.17. The Bertz CT molecular complexity index is 377. The Balaban J connectivity index is 4.62. The summed E-state index contributed by atoms with van der Waals surface area (Å²) >= 11 is 0. The Morgan fingerprint density at radius 2 is 1.56 bits per heavy atom. The summed E-state index contributed by atoms with van der Waals surface area (Å²) in [6.07, 6.45) is 3.24. The highest BCUT2D eigenvalue weighted by molar-refractivity contribution is 6.84. The van der Waals surface area contributed by atoms with Crippen molar-refractivity contribution in [2.24, 2.45) is 5.92 Å². The molecule has 1 atom stereocenters. The molecule has 3 heteroatoms. The Hall–Kier alpha value is -0.776. The molecule has 0 saturated carbocycles. The lowest BCUT2D eigenvalue weighted by atomic mass is 10.0. The smallest absolute Gasteiger partial charge is 0.129 e. The van der Waals surface area contributed by atoms with Gasteiger partial charge < -0.3 is 4.79 Å². The van der Waals surface area contributed by atoms with E-state index in [2.05, 4.69) is 62.2 Å². The van der Waals surface area contributed by atoms with Crippen molar-refractivity contribution in [2.45, 2.75) is 58.5 Å². The molecule has 0 aliphatic carbocycles. The number of carbonyl (C=O) groups is 1. The van der Waals surface area contributed by atoms with Gasteiger partial charge in [0.1, 0.15) is 22.4 Å². The van der Waals surface area contributed by atoms with Gasteiger partial charge in [0.25, 0.3) is 0 Å². The van der Waals surface area contributed by atoms with Crippen LogP contribution in [0, 0.1) is 28.8 Å². The summed E-state index contributed by atoms with van der Waals surface area (Å²) in [5, 5.41) is 0. The normalized spacial score (nSPS) is 12.8. The SMILES string of the molecule is C[Si](C)(C)C#CCC(C#C[Si](C)(C)C)CCC=O. The average Bonchev–Trinajstić information content (AvgIpc) is 2.18. The quantitative estimate of drug-likeness (QED) is 0.435. The summed E-state index contributed by atoms with van der Waals surface area (Å²) in [6.45, 7) is 13.5. The van der Waals surface area contributed by atoms with E-state index in [1.807, 2.05) is 0 Å². The molecule has 0 rings (SSSR count). The fourth-order valence-electron chi connectivity index (χ4n) is 1.25. The molecule has 0 bridgehead atoms. The molecular weight excluding hydrogens is 252 g/mol. The molecule has 0 aliphatic heterocycles. The first kappa shape index (κ1) is 17.2. The second kappa shape index (κ2) is 7.61. The number of carbonyl (C=O) groups excluding carboxylic acids is 1. The molecule has 0 radical (unpaired) electrons. The summed E-state index contributed by atoms with van der Waals surface area (Å²) in [4.78, 5) is 10.5. The molecule has 0 saturated heterocycles. The van der Waals surface area contributed by atoms with Gasteiger partial charge in [-0.1, -0.05) is 39.3 Å². The minimum absolute atomic E-state index is 0.269. The van der Waals surface area contributed by atoms with E-state index in [1.165, 1.54) is 0 Å². The first-order chi connectivity index (χ1) is 8.14. The zero-order chi connectivity index (χ0) is 14.2. The highest BCUT2D eigenvalue weighted by atomic mass is 28.3. The molecule has 0 heterocycles. The minimum atomic E-state index is -1.32. The van der Waals surface area contributed by atoms with E-state index in [-0.39, 0.29) is 5.92 Å². The average molecular weight is 279 g/mol. The Morgan fingerprint density at radius 3 is 2.00 bits per heavy atom. The monoisotopic (exact) mass is 278 g/mol. The number of rotatable bonds is 4.